The summed E-state index contributed by atoms with van der Waals surface area (Å²) in [4.78, 5) is 29.8. The molecule has 0 spiro atoms. The van der Waals surface area contributed by atoms with E-state index in [0.29, 0.717) is 5.56 Å². The molecule has 0 saturated carbocycles. The second-order valence-electron chi connectivity index (χ2n) is 6.06. The summed E-state index contributed by atoms with van der Waals surface area (Å²) in [7, 11) is 0. The zero-order valence-corrected chi connectivity index (χ0v) is 15.3. The van der Waals surface area contributed by atoms with Crippen LogP contribution in [0.4, 0.5) is 13.2 Å². The van der Waals surface area contributed by atoms with Gasteiger partial charge in [-0.3, -0.25) is 14.5 Å². The Morgan fingerprint density at radius 1 is 1.22 bits per heavy atom. The molecule has 5 nitrogen and oxygen atoms in total. The molecule has 3 rings (SSSR count). The van der Waals surface area contributed by atoms with Crippen molar-refractivity contribution in [1.82, 2.24) is 10.2 Å². The van der Waals surface area contributed by atoms with Gasteiger partial charge in [0, 0.05) is 0 Å². The molecule has 1 aromatic heterocycles. The third kappa shape index (κ3) is 3.23. The molecule has 0 fully saturated rings. The number of rotatable bonds is 4. The SMILES string of the molecule is CC1=NC(NC(=O)c2cccs2)(C(F)(F)F)C(=O)N1C(C)c1ccccc1. The number of aliphatic imine (C=N–C) groups is 1. The van der Waals surface area contributed by atoms with Crippen molar-refractivity contribution in [2.45, 2.75) is 31.7 Å². The molecule has 1 N–H and O–H groups in total. The topological polar surface area (TPSA) is 61.8 Å². The molecule has 27 heavy (non-hydrogen) atoms. The Morgan fingerprint density at radius 2 is 1.89 bits per heavy atom. The normalized spacial score (nSPS) is 21.1. The van der Waals surface area contributed by atoms with Crippen molar-refractivity contribution >= 4 is 29.0 Å². The van der Waals surface area contributed by atoms with Gasteiger partial charge < -0.3 is 5.32 Å². The van der Waals surface area contributed by atoms with Gasteiger partial charge in [-0.25, -0.2) is 4.99 Å². The fraction of sp³-hybridized carbons (Fsp3) is 0.278. The van der Waals surface area contributed by atoms with Crippen molar-refractivity contribution in [2.24, 2.45) is 4.99 Å². The van der Waals surface area contributed by atoms with Crippen LogP contribution in [0.3, 0.4) is 0 Å². The van der Waals surface area contributed by atoms with Crippen LogP contribution < -0.4 is 5.32 Å². The second kappa shape index (κ2) is 6.80. The molecule has 0 aliphatic carbocycles. The van der Waals surface area contributed by atoms with E-state index in [0.717, 1.165) is 16.2 Å². The van der Waals surface area contributed by atoms with Crippen LogP contribution in [0.25, 0.3) is 0 Å². The lowest BCUT2D eigenvalue weighted by molar-refractivity contribution is -0.196. The van der Waals surface area contributed by atoms with Crippen molar-refractivity contribution in [1.29, 1.82) is 0 Å². The van der Waals surface area contributed by atoms with Crippen molar-refractivity contribution < 1.29 is 22.8 Å². The van der Waals surface area contributed by atoms with Crippen LogP contribution in [-0.2, 0) is 4.79 Å². The van der Waals surface area contributed by atoms with Gasteiger partial charge in [0.05, 0.1) is 10.9 Å². The first-order valence-electron chi connectivity index (χ1n) is 8.05. The van der Waals surface area contributed by atoms with Crippen LogP contribution in [0.15, 0.2) is 52.8 Å². The highest BCUT2D eigenvalue weighted by Crippen LogP contribution is 2.40. The number of amidine groups is 1. The Hall–Kier alpha value is -2.68. The van der Waals surface area contributed by atoms with Gasteiger partial charge in [0.2, 0.25) is 0 Å². The highest BCUT2D eigenvalue weighted by molar-refractivity contribution is 7.12. The number of halogens is 3. The predicted molar refractivity (Wildman–Crippen MR) is 95.4 cm³/mol. The maximum absolute atomic E-state index is 13.9. The first-order chi connectivity index (χ1) is 12.7. The summed E-state index contributed by atoms with van der Waals surface area (Å²) in [6.07, 6.45) is -5.09. The lowest BCUT2D eigenvalue weighted by atomic mass is 10.0. The quantitative estimate of drug-likeness (QED) is 0.857. The van der Waals surface area contributed by atoms with E-state index in [9.17, 15) is 22.8 Å². The highest BCUT2D eigenvalue weighted by Gasteiger charge is 2.67. The molecule has 2 amide bonds. The van der Waals surface area contributed by atoms with E-state index in [1.54, 1.807) is 42.6 Å². The van der Waals surface area contributed by atoms with Crippen LogP contribution in [-0.4, -0.2) is 34.4 Å². The average Bonchev–Trinajstić information content (AvgIpc) is 3.23. The first kappa shape index (κ1) is 19.1. The molecule has 0 bridgehead atoms. The minimum Gasteiger partial charge on any atom is -0.311 e. The summed E-state index contributed by atoms with van der Waals surface area (Å²) in [6, 6.07) is 10.9. The van der Waals surface area contributed by atoms with E-state index in [4.69, 9.17) is 0 Å². The maximum Gasteiger partial charge on any atom is 0.442 e. The van der Waals surface area contributed by atoms with Gasteiger partial charge in [-0.05, 0) is 30.9 Å². The Labute approximate surface area is 157 Å². The third-order valence-corrected chi connectivity index (χ3v) is 5.19. The second-order valence-corrected chi connectivity index (χ2v) is 7.01. The zero-order chi connectivity index (χ0) is 19.8. The molecule has 0 radical (unpaired) electrons. The van der Waals surface area contributed by atoms with Crippen LogP contribution >= 0.6 is 11.3 Å². The zero-order valence-electron chi connectivity index (χ0n) is 14.4. The largest absolute Gasteiger partial charge is 0.442 e. The van der Waals surface area contributed by atoms with Crippen LogP contribution in [0.1, 0.15) is 35.1 Å². The number of carbonyl (C=O) groups excluding carboxylic acids is 2. The van der Waals surface area contributed by atoms with Crippen LogP contribution in [0.5, 0.6) is 0 Å². The number of benzene rings is 1. The smallest absolute Gasteiger partial charge is 0.311 e. The van der Waals surface area contributed by atoms with Crippen molar-refractivity contribution in [3.63, 3.8) is 0 Å². The molecule has 1 aliphatic heterocycles. The fourth-order valence-electron chi connectivity index (χ4n) is 2.97. The lowest BCUT2D eigenvalue weighted by Gasteiger charge is -2.31. The Bertz CT molecular complexity index is 881. The average molecular weight is 395 g/mol. The Balaban J connectivity index is 1.98. The van der Waals surface area contributed by atoms with Gasteiger partial charge in [-0.2, -0.15) is 13.2 Å². The lowest BCUT2D eigenvalue weighted by Crippen LogP contribution is -2.63. The van der Waals surface area contributed by atoms with Crippen molar-refractivity contribution in [3.8, 4) is 0 Å². The minimum atomic E-state index is -5.09. The molecule has 2 atom stereocenters. The summed E-state index contributed by atoms with van der Waals surface area (Å²) >= 11 is 0.977. The van der Waals surface area contributed by atoms with Gasteiger partial charge in [0.25, 0.3) is 11.8 Å². The number of nitrogens with zero attached hydrogens (tertiary/aromatic N) is 2. The van der Waals surface area contributed by atoms with E-state index in [-0.39, 0.29) is 10.7 Å². The summed E-state index contributed by atoms with van der Waals surface area (Å²) in [6.45, 7) is 2.93. The molecule has 2 unspecified atom stereocenters. The van der Waals surface area contributed by atoms with Crippen LogP contribution in [0.2, 0.25) is 0 Å². The molecule has 1 aromatic carbocycles. The van der Waals surface area contributed by atoms with E-state index < -0.39 is 29.7 Å². The molecular weight excluding hydrogens is 379 g/mol. The molecular formula is C18H16F3N3O2S. The first-order valence-corrected chi connectivity index (χ1v) is 8.93. The fourth-order valence-corrected chi connectivity index (χ4v) is 3.59. The summed E-state index contributed by atoms with van der Waals surface area (Å²) in [5.41, 5.74) is -2.68. The van der Waals surface area contributed by atoms with Crippen LogP contribution in [0, 0.1) is 0 Å². The standard InChI is InChI=1S/C18H16F3N3O2S/c1-11(13-7-4-3-5-8-13)24-12(2)22-17(16(24)26,18(19,20)21)23-15(25)14-9-6-10-27-14/h3-11H,1-2H3,(H,23,25). The van der Waals surface area contributed by atoms with Gasteiger partial charge in [-0.15, -0.1) is 11.3 Å². The summed E-state index contributed by atoms with van der Waals surface area (Å²) in [5, 5.41) is 3.38. The number of amides is 2. The Kier molecular flexibility index (Phi) is 4.81. The van der Waals surface area contributed by atoms with Gasteiger partial charge in [-0.1, -0.05) is 36.4 Å². The van der Waals surface area contributed by atoms with Gasteiger partial charge in [0.1, 0.15) is 5.84 Å². The van der Waals surface area contributed by atoms with Crippen molar-refractivity contribution in [2.75, 3.05) is 0 Å². The third-order valence-electron chi connectivity index (χ3n) is 4.33. The number of carbonyl (C=O) groups is 2. The van der Waals surface area contributed by atoms with E-state index in [1.165, 1.54) is 19.1 Å². The molecule has 9 heteroatoms. The number of thiophene rings is 1. The molecule has 0 saturated heterocycles. The monoisotopic (exact) mass is 395 g/mol. The highest BCUT2D eigenvalue weighted by atomic mass is 32.1. The number of hydrogen-bond donors (Lipinski definition) is 1. The van der Waals surface area contributed by atoms with Gasteiger partial charge >= 0.3 is 11.8 Å². The van der Waals surface area contributed by atoms with E-state index in [1.807, 2.05) is 5.32 Å². The van der Waals surface area contributed by atoms with E-state index in [2.05, 4.69) is 4.99 Å². The molecule has 2 aromatic rings. The minimum absolute atomic E-state index is 0.0637. The Morgan fingerprint density at radius 3 is 2.44 bits per heavy atom. The van der Waals surface area contributed by atoms with E-state index >= 15 is 0 Å². The van der Waals surface area contributed by atoms with Crippen molar-refractivity contribution in [3.05, 3.63) is 58.3 Å². The number of hydrogen-bond acceptors (Lipinski definition) is 4. The number of nitrogens with one attached hydrogen (secondary N) is 1. The predicted octanol–water partition coefficient (Wildman–Crippen LogP) is 3.76. The molecule has 142 valence electrons. The number of alkyl halides is 3. The molecule has 1 aliphatic rings. The van der Waals surface area contributed by atoms with Gasteiger partial charge in [0.15, 0.2) is 0 Å². The summed E-state index contributed by atoms with van der Waals surface area (Å²) in [5.74, 6) is -2.43. The summed E-state index contributed by atoms with van der Waals surface area (Å²) < 4.78 is 41.7. The molecule has 2 heterocycles. The maximum atomic E-state index is 13.9.